The summed E-state index contributed by atoms with van der Waals surface area (Å²) >= 11 is 0. The lowest BCUT2D eigenvalue weighted by Gasteiger charge is -2.33. The van der Waals surface area contributed by atoms with Crippen molar-refractivity contribution in [1.82, 2.24) is 0 Å². The van der Waals surface area contributed by atoms with E-state index in [0.29, 0.717) is 6.42 Å². The minimum atomic E-state index is -0.0183. The van der Waals surface area contributed by atoms with Crippen LogP contribution in [0.4, 0.5) is 11.4 Å². The van der Waals surface area contributed by atoms with Gasteiger partial charge in [0.2, 0.25) is 5.91 Å². The maximum Gasteiger partial charge on any atom is 0.224 e. The first kappa shape index (κ1) is 20.0. The highest BCUT2D eigenvalue weighted by Crippen LogP contribution is 2.33. The number of carbonyl (C=O) groups is 1. The molecule has 0 saturated carbocycles. The number of nitrogens with zero attached hydrogens (tertiary/aromatic N) is 1. The number of hydrogen-bond donors (Lipinski definition) is 1. The van der Waals surface area contributed by atoms with Gasteiger partial charge in [0.25, 0.3) is 0 Å². The van der Waals surface area contributed by atoms with Crippen LogP contribution < -0.4 is 10.2 Å². The van der Waals surface area contributed by atoms with Gasteiger partial charge >= 0.3 is 0 Å². The zero-order valence-corrected chi connectivity index (χ0v) is 17.6. The van der Waals surface area contributed by atoms with Crippen molar-refractivity contribution in [1.29, 1.82) is 0 Å². The van der Waals surface area contributed by atoms with Crippen LogP contribution in [0.1, 0.15) is 55.0 Å². The third-order valence-corrected chi connectivity index (χ3v) is 5.35. The maximum atomic E-state index is 12.5. The molecule has 28 heavy (non-hydrogen) atoms. The van der Waals surface area contributed by atoms with E-state index >= 15 is 0 Å². The Labute approximate surface area is 169 Å². The van der Waals surface area contributed by atoms with Crippen molar-refractivity contribution < 1.29 is 4.79 Å². The van der Waals surface area contributed by atoms with Crippen LogP contribution in [0.25, 0.3) is 0 Å². The molecule has 1 aliphatic rings. The quantitative estimate of drug-likeness (QED) is 0.747. The van der Waals surface area contributed by atoms with Crippen LogP contribution in [0.3, 0.4) is 0 Å². The second-order valence-corrected chi connectivity index (χ2v) is 8.98. The van der Waals surface area contributed by atoms with Gasteiger partial charge in [-0.25, -0.2) is 0 Å². The highest BCUT2D eigenvalue weighted by Gasteiger charge is 2.23. The van der Waals surface area contributed by atoms with Crippen molar-refractivity contribution in [2.45, 2.75) is 54.0 Å². The lowest BCUT2D eigenvalue weighted by molar-refractivity contribution is -0.117. The van der Waals surface area contributed by atoms with Crippen LogP contribution in [-0.2, 0) is 17.8 Å². The summed E-state index contributed by atoms with van der Waals surface area (Å²) in [7, 11) is 0. The third-order valence-electron chi connectivity index (χ3n) is 5.35. The molecular formula is C25H30N2O. The van der Waals surface area contributed by atoms with Crippen molar-refractivity contribution in [3.63, 3.8) is 0 Å². The Morgan fingerprint density at radius 3 is 2.50 bits per heavy atom. The van der Waals surface area contributed by atoms with E-state index in [0.717, 1.165) is 36.3 Å². The topological polar surface area (TPSA) is 32.3 Å². The third kappa shape index (κ3) is 4.39. The lowest BCUT2D eigenvalue weighted by Crippen LogP contribution is -2.31. The Morgan fingerprint density at radius 1 is 1.21 bits per heavy atom. The average molecular weight is 375 g/mol. The number of rotatable bonds is 3. The number of terminal acetylenes is 1. The summed E-state index contributed by atoms with van der Waals surface area (Å²) in [5.74, 6) is 2.76. The Balaban J connectivity index is 1.82. The normalized spacial score (nSPS) is 13.6. The minimum Gasteiger partial charge on any atom is -0.367 e. The van der Waals surface area contributed by atoms with Crippen molar-refractivity contribution in [3.8, 4) is 12.3 Å². The molecule has 3 heteroatoms. The largest absolute Gasteiger partial charge is 0.367 e. The Bertz CT molecular complexity index is 927. The number of aryl methyl sites for hydroxylation is 1. The van der Waals surface area contributed by atoms with Gasteiger partial charge in [0.05, 0.1) is 0 Å². The fourth-order valence-corrected chi connectivity index (χ4v) is 3.98. The van der Waals surface area contributed by atoms with Crippen molar-refractivity contribution >= 4 is 17.3 Å². The zero-order chi connectivity index (χ0) is 20.5. The molecule has 1 aliphatic heterocycles. The van der Waals surface area contributed by atoms with Crippen molar-refractivity contribution in [2.24, 2.45) is 5.41 Å². The summed E-state index contributed by atoms with van der Waals surface area (Å²) in [5, 5.41) is 3.17. The molecule has 3 rings (SSSR count). The molecule has 0 aromatic heterocycles. The van der Waals surface area contributed by atoms with Gasteiger partial charge < -0.3 is 10.2 Å². The fourth-order valence-electron chi connectivity index (χ4n) is 3.98. The molecule has 2 aromatic rings. The maximum absolute atomic E-state index is 12.5. The van der Waals surface area contributed by atoms with Crippen LogP contribution in [0.5, 0.6) is 0 Å². The number of carbonyl (C=O) groups excluding carboxylic acids is 1. The molecule has 146 valence electrons. The van der Waals surface area contributed by atoms with Crippen molar-refractivity contribution in [2.75, 3.05) is 16.8 Å². The van der Waals surface area contributed by atoms with E-state index in [1.807, 2.05) is 12.1 Å². The summed E-state index contributed by atoms with van der Waals surface area (Å²) < 4.78 is 0. The van der Waals surface area contributed by atoms with Crippen molar-refractivity contribution in [3.05, 3.63) is 58.1 Å². The Hall–Kier alpha value is -2.73. The number of benzene rings is 2. The Kier molecular flexibility index (Phi) is 5.52. The molecule has 2 aromatic carbocycles. The number of nitrogens with one attached hydrogen (secondary N) is 1. The highest BCUT2D eigenvalue weighted by molar-refractivity contribution is 5.93. The predicted molar refractivity (Wildman–Crippen MR) is 118 cm³/mol. The number of amides is 1. The van der Waals surface area contributed by atoms with Gasteiger partial charge in [0.15, 0.2) is 0 Å². The van der Waals surface area contributed by atoms with E-state index in [1.165, 1.54) is 22.4 Å². The van der Waals surface area contributed by atoms with Gasteiger partial charge in [-0.3, -0.25) is 4.79 Å². The van der Waals surface area contributed by atoms with Crippen LogP contribution >= 0.6 is 0 Å². The minimum absolute atomic E-state index is 0.0183. The molecule has 0 radical (unpaired) electrons. The molecule has 0 saturated heterocycles. The first-order valence-corrected chi connectivity index (χ1v) is 9.91. The molecule has 0 aliphatic carbocycles. The van der Waals surface area contributed by atoms with Gasteiger partial charge in [0.1, 0.15) is 0 Å². The van der Waals surface area contributed by atoms with E-state index in [-0.39, 0.29) is 11.3 Å². The first-order chi connectivity index (χ1) is 13.2. The number of hydrogen-bond acceptors (Lipinski definition) is 2. The molecular weight excluding hydrogens is 344 g/mol. The summed E-state index contributed by atoms with van der Waals surface area (Å²) in [6.07, 6.45) is 6.95. The second-order valence-electron chi connectivity index (χ2n) is 8.98. The van der Waals surface area contributed by atoms with E-state index in [1.54, 1.807) is 0 Å². The molecule has 1 N–H and O–H groups in total. The lowest BCUT2D eigenvalue weighted by atomic mass is 9.90. The molecule has 0 atom stereocenters. The SMILES string of the molecule is C#Cc1ccc(N2CCc3c(cc(C)c(NC(=O)CC(C)(C)C)c3C)C2)cc1. The van der Waals surface area contributed by atoms with Gasteiger partial charge in [-0.2, -0.15) is 0 Å². The molecule has 0 unspecified atom stereocenters. The summed E-state index contributed by atoms with van der Waals surface area (Å²) in [6, 6.07) is 10.4. The standard InChI is InChI=1S/C25H30N2O/c1-7-19-8-10-21(11-9-19)27-13-12-22-18(3)24(17(2)14-20(22)16-27)26-23(28)15-25(4,5)6/h1,8-11,14H,12-13,15-16H2,2-6H3,(H,26,28). The zero-order valence-electron chi connectivity index (χ0n) is 17.6. The second kappa shape index (κ2) is 7.72. The number of fused-ring (bicyclic) bond motifs is 1. The van der Waals surface area contributed by atoms with E-state index in [9.17, 15) is 4.79 Å². The smallest absolute Gasteiger partial charge is 0.224 e. The van der Waals surface area contributed by atoms with Crippen LogP contribution in [0.2, 0.25) is 0 Å². The molecule has 1 amide bonds. The van der Waals surface area contributed by atoms with Gasteiger partial charge in [-0.15, -0.1) is 6.42 Å². The van der Waals surface area contributed by atoms with E-state index in [2.05, 4.69) is 69.0 Å². The molecule has 0 fully saturated rings. The monoisotopic (exact) mass is 374 g/mol. The fraction of sp³-hybridized carbons (Fsp3) is 0.400. The Morgan fingerprint density at radius 2 is 1.89 bits per heavy atom. The van der Waals surface area contributed by atoms with Gasteiger partial charge in [-0.05, 0) is 72.2 Å². The van der Waals surface area contributed by atoms with Crippen LogP contribution in [-0.4, -0.2) is 12.5 Å². The van der Waals surface area contributed by atoms with Crippen LogP contribution in [0, 0.1) is 31.6 Å². The summed E-state index contributed by atoms with van der Waals surface area (Å²) in [6.45, 7) is 12.3. The van der Waals surface area contributed by atoms with E-state index in [4.69, 9.17) is 6.42 Å². The molecule has 0 bridgehead atoms. The summed E-state index contributed by atoms with van der Waals surface area (Å²) in [4.78, 5) is 14.8. The predicted octanol–water partition coefficient (Wildman–Crippen LogP) is 5.22. The number of anilines is 2. The molecule has 0 spiro atoms. The van der Waals surface area contributed by atoms with Gasteiger partial charge in [-0.1, -0.05) is 32.8 Å². The molecule has 3 nitrogen and oxygen atoms in total. The highest BCUT2D eigenvalue weighted by atomic mass is 16.1. The van der Waals surface area contributed by atoms with Gasteiger partial charge in [0, 0.05) is 36.4 Å². The van der Waals surface area contributed by atoms with Crippen LogP contribution in [0.15, 0.2) is 30.3 Å². The summed E-state index contributed by atoms with van der Waals surface area (Å²) in [5.41, 5.74) is 8.12. The molecule has 1 heterocycles. The first-order valence-electron chi connectivity index (χ1n) is 9.91. The average Bonchev–Trinajstić information content (AvgIpc) is 2.63. The van der Waals surface area contributed by atoms with E-state index < -0.39 is 0 Å².